The van der Waals surface area contributed by atoms with E-state index in [1.54, 1.807) is 13.0 Å². The number of hydrogen-bond acceptors (Lipinski definition) is 1. The number of allylic oxidation sites excluding steroid dienone is 2. The first kappa shape index (κ1) is 13.7. The van der Waals surface area contributed by atoms with Crippen molar-refractivity contribution < 1.29 is 5.11 Å². The van der Waals surface area contributed by atoms with Crippen molar-refractivity contribution in [3.63, 3.8) is 0 Å². The molecule has 1 heteroatoms. The number of hydrogen-bond donors (Lipinski definition) is 1. The van der Waals surface area contributed by atoms with Crippen LogP contribution in [0, 0.1) is 0 Å². The van der Waals surface area contributed by atoms with Crippen molar-refractivity contribution in [2.75, 3.05) is 0 Å². The predicted octanol–water partition coefficient (Wildman–Crippen LogP) is 3.08. The van der Waals surface area contributed by atoms with Crippen molar-refractivity contribution in [3.8, 4) is 0 Å². The van der Waals surface area contributed by atoms with Gasteiger partial charge in [0.25, 0.3) is 0 Å². The first-order valence-electron chi connectivity index (χ1n) is 4.26. The maximum atomic E-state index is 9.04. The summed E-state index contributed by atoms with van der Waals surface area (Å²) >= 11 is 0. The molecule has 1 nitrogen and oxygen atoms in total. The van der Waals surface area contributed by atoms with Gasteiger partial charge >= 0.3 is 0 Å². The van der Waals surface area contributed by atoms with Gasteiger partial charge in [-0.05, 0) is 25.0 Å². The first-order valence-corrected chi connectivity index (χ1v) is 4.26. The lowest BCUT2D eigenvalue weighted by Crippen LogP contribution is -2.03. The Morgan fingerprint density at radius 1 is 1.42 bits per heavy atom. The zero-order valence-electron chi connectivity index (χ0n) is 8.59. The van der Waals surface area contributed by atoms with E-state index in [4.69, 9.17) is 5.11 Å². The SMILES string of the molecule is C=C/C=C(/C)C(=C)C(C)O.CC. The maximum Gasteiger partial charge on any atom is 0.0758 e. The Labute approximate surface area is 76.1 Å². The standard InChI is InChI=1S/C9H14O.C2H6/c1-5-6-7(2)8(3)9(4)10;1-2/h5-6,9-10H,1,3H2,2,4H3;1-2H3/b7-6-;. The summed E-state index contributed by atoms with van der Waals surface area (Å²) in [6, 6.07) is 0. The van der Waals surface area contributed by atoms with Gasteiger partial charge in [-0.2, -0.15) is 0 Å². The Balaban J connectivity index is 0. The monoisotopic (exact) mass is 168 g/mol. The molecule has 70 valence electrons. The topological polar surface area (TPSA) is 20.2 Å². The molecule has 0 aromatic carbocycles. The molecule has 1 N–H and O–H groups in total. The third-order valence-corrected chi connectivity index (χ3v) is 1.38. The van der Waals surface area contributed by atoms with Crippen LogP contribution in [0.4, 0.5) is 0 Å². The lowest BCUT2D eigenvalue weighted by atomic mass is 10.1. The molecule has 0 spiro atoms. The Bertz CT molecular complexity index is 164. The quantitative estimate of drug-likeness (QED) is 0.642. The summed E-state index contributed by atoms with van der Waals surface area (Å²) in [5.41, 5.74) is 1.73. The minimum Gasteiger partial charge on any atom is -0.389 e. The Kier molecular flexibility index (Phi) is 9.48. The van der Waals surface area contributed by atoms with Gasteiger partial charge in [-0.15, -0.1) is 0 Å². The van der Waals surface area contributed by atoms with Gasteiger partial charge in [-0.3, -0.25) is 0 Å². The summed E-state index contributed by atoms with van der Waals surface area (Å²) in [5.74, 6) is 0. The van der Waals surface area contributed by atoms with Crippen LogP contribution in [0.2, 0.25) is 0 Å². The van der Waals surface area contributed by atoms with Crippen molar-refractivity contribution in [1.29, 1.82) is 0 Å². The third kappa shape index (κ3) is 5.93. The van der Waals surface area contributed by atoms with E-state index in [1.165, 1.54) is 0 Å². The molecule has 0 radical (unpaired) electrons. The molecular formula is C11H20O. The molecule has 0 aliphatic rings. The molecule has 0 rings (SSSR count). The van der Waals surface area contributed by atoms with Crippen molar-refractivity contribution in [1.82, 2.24) is 0 Å². The van der Waals surface area contributed by atoms with Crippen LogP contribution in [0.3, 0.4) is 0 Å². The second-order valence-corrected chi connectivity index (χ2v) is 2.29. The van der Waals surface area contributed by atoms with Crippen molar-refractivity contribution >= 4 is 0 Å². The smallest absolute Gasteiger partial charge is 0.0758 e. The average Bonchev–Trinajstić information content (AvgIpc) is 2.07. The molecule has 0 bridgehead atoms. The molecule has 0 heterocycles. The zero-order valence-corrected chi connectivity index (χ0v) is 8.59. The van der Waals surface area contributed by atoms with Gasteiger partial charge < -0.3 is 5.11 Å². The molecule has 0 aliphatic heterocycles. The summed E-state index contributed by atoms with van der Waals surface area (Å²) < 4.78 is 0. The fourth-order valence-electron chi connectivity index (χ4n) is 0.613. The van der Waals surface area contributed by atoms with E-state index in [2.05, 4.69) is 13.2 Å². The van der Waals surface area contributed by atoms with Crippen LogP contribution < -0.4 is 0 Å². The van der Waals surface area contributed by atoms with E-state index in [0.717, 1.165) is 11.1 Å². The summed E-state index contributed by atoms with van der Waals surface area (Å²) in [5, 5.41) is 9.04. The van der Waals surface area contributed by atoms with Gasteiger partial charge in [0, 0.05) is 0 Å². The van der Waals surface area contributed by atoms with Gasteiger partial charge in [-0.25, -0.2) is 0 Å². The lowest BCUT2D eigenvalue weighted by Gasteiger charge is -2.07. The third-order valence-electron chi connectivity index (χ3n) is 1.38. The molecule has 1 unspecified atom stereocenters. The van der Waals surface area contributed by atoms with Crippen LogP contribution in [-0.2, 0) is 0 Å². The average molecular weight is 168 g/mol. The summed E-state index contributed by atoms with van der Waals surface area (Å²) in [4.78, 5) is 0. The first-order chi connectivity index (χ1) is 5.59. The zero-order chi connectivity index (χ0) is 10.1. The van der Waals surface area contributed by atoms with Crippen molar-refractivity contribution in [3.05, 3.63) is 36.5 Å². The van der Waals surface area contributed by atoms with Crippen LogP contribution in [0.5, 0.6) is 0 Å². The molecule has 0 amide bonds. The van der Waals surface area contributed by atoms with E-state index < -0.39 is 6.10 Å². The highest BCUT2D eigenvalue weighted by atomic mass is 16.3. The van der Waals surface area contributed by atoms with Crippen LogP contribution in [0.25, 0.3) is 0 Å². The van der Waals surface area contributed by atoms with Crippen LogP contribution in [-0.4, -0.2) is 11.2 Å². The normalized spacial score (nSPS) is 12.6. The number of aliphatic hydroxyl groups is 1. The Hall–Kier alpha value is -0.820. The van der Waals surface area contributed by atoms with E-state index in [-0.39, 0.29) is 0 Å². The second kappa shape index (κ2) is 8.28. The lowest BCUT2D eigenvalue weighted by molar-refractivity contribution is 0.234. The van der Waals surface area contributed by atoms with E-state index in [0.29, 0.717) is 0 Å². The minimum atomic E-state index is -0.462. The van der Waals surface area contributed by atoms with E-state index in [1.807, 2.05) is 26.8 Å². The van der Waals surface area contributed by atoms with E-state index >= 15 is 0 Å². The summed E-state index contributed by atoms with van der Waals surface area (Å²) in [6.07, 6.45) is 3.05. The van der Waals surface area contributed by atoms with Crippen LogP contribution >= 0.6 is 0 Å². The number of rotatable bonds is 3. The van der Waals surface area contributed by atoms with Gasteiger partial charge in [0.15, 0.2) is 0 Å². The Morgan fingerprint density at radius 2 is 1.83 bits per heavy atom. The fourth-order valence-corrected chi connectivity index (χ4v) is 0.613. The highest BCUT2D eigenvalue weighted by Crippen LogP contribution is 2.10. The van der Waals surface area contributed by atoms with Gasteiger partial charge in [0.1, 0.15) is 0 Å². The summed E-state index contributed by atoms with van der Waals surface area (Å²) in [7, 11) is 0. The van der Waals surface area contributed by atoms with Crippen molar-refractivity contribution in [2.24, 2.45) is 0 Å². The molecule has 0 aromatic heterocycles. The number of aliphatic hydroxyl groups excluding tert-OH is 1. The van der Waals surface area contributed by atoms with Gasteiger partial charge in [0.2, 0.25) is 0 Å². The maximum absolute atomic E-state index is 9.04. The van der Waals surface area contributed by atoms with Gasteiger partial charge in [-0.1, -0.05) is 39.2 Å². The molecule has 0 aromatic rings. The van der Waals surface area contributed by atoms with Crippen LogP contribution in [0.1, 0.15) is 27.7 Å². The highest BCUT2D eigenvalue weighted by molar-refractivity contribution is 5.31. The van der Waals surface area contributed by atoms with Crippen molar-refractivity contribution in [2.45, 2.75) is 33.8 Å². The minimum absolute atomic E-state index is 0.462. The highest BCUT2D eigenvalue weighted by Gasteiger charge is 2.01. The van der Waals surface area contributed by atoms with Crippen LogP contribution in [0.15, 0.2) is 36.5 Å². The molecule has 12 heavy (non-hydrogen) atoms. The van der Waals surface area contributed by atoms with E-state index in [9.17, 15) is 0 Å². The predicted molar refractivity (Wildman–Crippen MR) is 56.1 cm³/mol. The molecule has 0 fully saturated rings. The molecular weight excluding hydrogens is 148 g/mol. The molecule has 0 saturated carbocycles. The second-order valence-electron chi connectivity index (χ2n) is 2.29. The largest absolute Gasteiger partial charge is 0.389 e. The van der Waals surface area contributed by atoms with Gasteiger partial charge in [0.05, 0.1) is 6.10 Å². The summed E-state index contributed by atoms with van der Waals surface area (Å²) in [6.45, 7) is 14.8. The fraction of sp³-hybridized carbons (Fsp3) is 0.455. The molecule has 1 atom stereocenters. The Morgan fingerprint density at radius 3 is 2.08 bits per heavy atom. The molecule has 0 aliphatic carbocycles. The molecule has 0 saturated heterocycles.